The standard InChI is InChI=1S/C9H13N3/c10-6-9(3-1-4-9)8-2-5-11-7-12-8/h2,5,7H,1,3-4,6,10H2. The van der Waals surface area contributed by atoms with Gasteiger partial charge in [0, 0.05) is 18.2 Å². The van der Waals surface area contributed by atoms with E-state index in [2.05, 4.69) is 9.97 Å². The molecule has 0 unspecified atom stereocenters. The molecule has 3 heteroatoms. The fourth-order valence-corrected chi connectivity index (χ4v) is 1.77. The Morgan fingerprint density at radius 2 is 2.33 bits per heavy atom. The van der Waals surface area contributed by atoms with Gasteiger partial charge in [-0.3, -0.25) is 0 Å². The molecule has 0 aliphatic heterocycles. The van der Waals surface area contributed by atoms with Gasteiger partial charge in [-0.1, -0.05) is 6.42 Å². The van der Waals surface area contributed by atoms with Crippen molar-refractivity contribution in [3.05, 3.63) is 24.3 Å². The van der Waals surface area contributed by atoms with Gasteiger partial charge in [-0.25, -0.2) is 9.97 Å². The Morgan fingerprint density at radius 3 is 2.75 bits per heavy atom. The predicted octanol–water partition coefficient (Wildman–Crippen LogP) is 0.857. The van der Waals surface area contributed by atoms with Crippen molar-refractivity contribution >= 4 is 0 Å². The fraction of sp³-hybridized carbons (Fsp3) is 0.556. The van der Waals surface area contributed by atoms with Crippen molar-refractivity contribution in [3.8, 4) is 0 Å². The van der Waals surface area contributed by atoms with Crippen LogP contribution in [0.15, 0.2) is 18.6 Å². The molecule has 3 nitrogen and oxygen atoms in total. The minimum Gasteiger partial charge on any atom is -0.330 e. The maximum atomic E-state index is 5.74. The molecule has 2 rings (SSSR count). The first-order valence-electron chi connectivity index (χ1n) is 4.34. The zero-order valence-corrected chi connectivity index (χ0v) is 7.03. The molecule has 0 atom stereocenters. The summed E-state index contributed by atoms with van der Waals surface area (Å²) < 4.78 is 0. The number of rotatable bonds is 2. The second-order valence-corrected chi connectivity index (χ2v) is 3.43. The van der Waals surface area contributed by atoms with Crippen LogP contribution in [0.3, 0.4) is 0 Å². The van der Waals surface area contributed by atoms with Crippen LogP contribution in [-0.4, -0.2) is 16.5 Å². The molecular weight excluding hydrogens is 150 g/mol. The summed E-state index contributed by atoms with van der Waals surface area (Å²) in [6, 6.07) is 1.98. The average Bonchev–Trinajstić information content (AvgIpc) is 2.05. The third kappa shape index (κ3) is 1.01. The van der Waals surface area contributed by atoms with E-state index >= 15 is 0 Å². The van der Waals surface area contributed by atoms with E-state index < -0.39 is 0 Å². The van der Waals surface area contributed by atoms with E-state index in [9.17, 15) is 0 Å². The Balaban J connectivity index is 2.28. The van der Waals surface area contributed by atoms with Crippen molar-refractivity contribution in [1.82, 2.24) is 9.97 Å². The summed E-state index contributed by atoms with van der Waals surface area (Å²) in [5, 5.41) is 0. The highest BCUT2D eigenvalue weighted by Gasteiger charge is 2.38. The summed E-state index contributed by atoms with van der Waals surface area (Å²) in [7, 11) is 0. The van der Waals surface area contributed by atoms with Gasteiger partial charge >= 0.3 is 0 Å². The summed E-state index contributed by atoms with van der Waals surface area (Å²) in [4.78, 5) is 8.15. The third-order valence-electron chi connectivity index (χ3n) is 2.83. The average molecular weight is 163 g/mol. The van der Waals surface area contributed by atoms with Crippen LogP contribution < -0.4 is 5.73 Å². The van der Waals surface area contributed by atoms with E-state index in [-0.39, 0.29) is 5.41 Å². The van der Waals surface area contributed by atoms with Crippen molar-refractivity contribution in [2.75, 3.05) is 6.54 Å². The first kappa shape index (κ1) is 7.68. The van der Waals surface area contributed by atoms with Gasteiger partial charge in [-0.05, 0) is 18.9 Å². The lowest BCUT2D eigenvalue weighted by Gasteiger charge is -2.40. The zero-order valence-electron chi connectivity index (χ0n) is 7.03. The van der Waals surface area contributed by atoms with Crippen molar-refractivity contribution < 1.29 is 0 Å². The molecule has 0 saturated heterocycles. The van der Waals surface area contributed by atoms with Crippen molar-refractivity contribution in [2.24, 2.45) is 5.73 Å². The summed E-state index contributed by atoms with van der Waals surface area (Å²) >= 11 is 0. The van der Waals surface area contributed by atoms with Gasteiger partial charge in [-0.2, -0.15) is 0 Å². The summed E-state index contributed by atoms with van der Waals surface area (Å²) in [6.07, 6.45) is 7.03. The monoisotopic (exact) mass is 163 g/mol. The number of aromatic nitrogens is 2. The van der Waals surface area contributed by atoms with E-state index in [1.165, 1.54) is 19.3 Å². The molecule has 0 radical (unpaired) electrons. The van der Waals surface area contributed by atoms with E-state index in [1.807, 2.05) is 6.07 Å². The highest BCUT2D eigenvalue weighted by atomic mass is 14.8. The van der Waals surface area contributed by atoms with Gasteiger partial charge in [0.15, 0.2) is 0 Å². The third-order valence-corrected chi connectivity index (χ3v) is 2.83. The minimum absolute atomic E-state index is 0.183. The van der Waals surface area contributed by atoms with Crippen LogP contribution in [0.5, 0.6) is 0 Å². The van der Waals surface area contributed by atoms with Crippen LogP contribution in [0.4, 0.5) is 0 Å². The van der Waals surface area contributed by atoms with E-state index in [0.29, 0.717) is 6.54 Å². The van der Waals surface area contributed by atoms with Gasteiger partial charge in [0.1, 0.15) is 6.33 Å². The van der Waals surface area contributed by atoms with Gasteiger partial charge in [-0.15, -0.1) is 0 Å². The van der Waals surface area contributed by atoms with Crippen LogP contribution in [-0.2, 0) is 5.41 Å². The summed E-state index contributed by atoms with van der Waals surface area (Å²) in [6.45, 7) is 0.712. The lowest BCUT2D eigenvalue weighted by molar-refractivity contribution is 0.245. The number of hydrogen-bond acceptors (Lipinski definition) is 3. The second kappa shape index (κ2) is 2.83. The quantitative estimate of drug-likeness (QED) is 0.703. The molecular formula is C9H13N3. The largest absolute Gasteiger partial charge is 0.330 e. The number of hydrogen-bond donors (Lipinski definition) is 1. The number of nitrogens with zero attached hydrogens (tertiary/aromatic N) is 2. The molecule has 0 amide bonds. The van der Waals surface area contributed by atoms with Crippen LogP contribution in [0.2, 0.25) is 0 Å². The molecule has 64 valence electrons. The maximum absolute atomic E-state index is 5.74. The number of nitrogens with two attached hydrogens (primary N) is 1. The van der Waals surface area contributed by atoms with Crippen LogP contribution in [0.25, 0.3) is 0 Å². The van der Waals surface area contributed by atoms with Crippen LogP contribution >= 0.6 is 0 Å². The molecule has 0 aromatic carbocycles. The molecule has 1 aromatic rings. The van der Waals surface area contributed by atoms with E-state index in [4.69, 9.17) is 5.73 Å². The molecule has 1 heterocycles. The van der Waals surface area contributed by atoms with Crippen LogP contribution in [0.1, 0.15) is 25.0 Å². The second-order valence-electron chi connectivity index (χ2n) is 3.43. The lowest BCUT2D eigenvalue weighted by Crippen LogP contribution is -2.42. The maximum Gasteiger partial charge on any atom is 0.115 e. The Kier molecular flexibility index (Phi) is 1.81. The first-order valence-corrected chi connectivity index (χ1v) is 4.34. The molecule has 1 saturated carbocycles. The molecule has 2 N–H and O–H groups in total. The lowest BCUT2D eigenvalue weighted by atomic mass is 9.66. The molecule has 0 spiro atoms. The van der Waals surface area contributed by atoms with Gasteiger partial charge in [0.05, 0.1) is 5.69 Å². The normalized spacial score (nSPS) is 20.1. The Hall–Kier alpha value is -0.960. The van der Waals surface area contributed by atoms with Crippen molar-refractivity contribution in [2.45, 2.75) is 24.7 Å². The highest BCUT2D eigenvalue weighted by Crippen LogP contribution is 2.41. The predicted molar refractivity (Wildman–Crippen MR) is 46.6 cm³/mol. The fourth-order valence-electron chi connectivity index (χ4n) is 1.77. The highest BCUT2D eigenvalue weighted by molar-refractivity contribution is 5.19. The van der Waals surface area contributed by atoms with Crippen molar-refractivity contribution in [3.63, 3.8) is 0 Å². The van der Waals surface area contributed by atoms with Crippen molar-refractivity contribution in [1.29, 1.82) is 0 Å². The molecule has 1 aliphatic carbocycles. The smallest absolute Gasteiger partial charge is 0.115 e. The van der Waals surface area contributed by atoms with Gasteiger partial charge in [0.25, 0.3) is 0 Å². The molecule has 1 aliphatic rings. The Bertz CT molecular complexity index is 248. The van der Waals surface area contributed by atoms with Gasteiger partial charge in [0.2, 0.25) is 0 Å². The molecule has 1 fully saturated rings. The molecule has 1 aromatic heterocycles. The SMILES string of the molecule is NCC1(c2ccncn2)CCC1. The Labute approximate surface area is 72.0 Å². The van der Waals surface area contributed by atoms with E-state index in [1.54, 1.807) is 12.5 Å². The molecule has 0 bridgehead atoms. The summed E-state index contributed by atoms with van der Waals surface area (Å²) in [5.74, 6) is 0. The zero-order chi connectivity index (χ0) is 8.44. The molecule has 12 heavy (non-hydrogen) atoms. The minimum atomic E-state index is 0.183. The van der Waals surface area contributed by atoms with Crippen LogP contribution in [0, 0.1) is 0 Å². The van der Waals surface area contributed by atoms with E-state index in [0.717, 1.165) is 5.69 Å². The van der Waals surface area contributed by atoms with Gasteiger partial charge < -0.3 is 5.73 Å². The first-order chi connectivity index (χ1) is 5.87. The topological polar surface area (TPSA) is 51.8 Å². The Morgan fingerprint density at radius 1 is 1.50 bits per heavy atom. The summed E-state index contributed by atoms with van der Waals surface area (Å²) in [5.41, 5.74) is 7.04.